The molecule has 0 atom stereocenters. The van der Waals surface area contributed by atoms with Gasteiger partial charge in [-0.05, 0) is 0 Å². The first-order valence-electron chi connectivity index (χ1n) is 3.01. The second kappa shape index (κ2) is 4.43. The zero-order chi connectivity index (χ0) is 8.85. The third kappa shape index (κ3) is 2.79. The molecule has 1 radical (unpaired) electrons. The van der Waals surface area contributed by atoms with Gasteiger partial charge in [0, 0.05) is 6.42 Å². The molecule has 0 aromatic carbocycles. The highest BCUT2D eigenvalue weighted by Gasteiger charge is 2.17. The number of carbonyl (C=O) groups is 2. The molecular weight excluding hydrogens is 150 g/mol. The molecule has 61 valence electrons. The van der Waals surface area contributed by atoms with Crippen LogP contribution in [0.2, 0.25) is 0 Å². The maximum Gasteiger partial charge on any atom is 0.414 e. The van der Waals surface area contributed by atoms with Crippen molar-refractivity contribution >= 4 is 18.3 Å². The molecule has 5 heteroatoms. The highest BCUT2D eigenvalue weighted by atomic mass is 16.4. The van der Waals surface area contributed by atoms with E-state index in [2.05, 4.69) is 0 Å². The van der Waals surface area contributed by atoms with Crippen LogP contribution in [0.25, 0.3) is 0 Å². The van der Waals surface area contributed by atoms with Crippen molar-refractivity contribution in [1.82, 2.24) is 4.90 Å². The van der Waals surface area contributed by atoms with E-state index in [1.165, 1.54) is 13.2 Å². The summed E-state index contributed by atoms with van der Waals surface area (Å²) < 4.78 is 0. The largest absolute Gasteiger partial charge is 0.465 e. The molecule has 0 aliphatic carbocycles. The van der Waals surface area contributed by atoms with Crippen LogP contribution >= 0.6 is 0 Å². The minimum absolute atomic E-state index is 0.0635. The molecule has 0 aliphatic heterocycles. The summed E-state index contributed by atoms with van der Waals surface area (Å²) in [7, 11) is 0. The fourth-order valence-corrected chi connectivity index (χ4v) is 0.518. The van der Waals surface area contributed by atoms with Crippen LogP contribution in [-0.2, 0) is 9.59 Å². The van der Waals surface area contributed by atoms with Gasteiger partial charge in [0.2, 0.25) is 12.2 Å². The molecule has 5 nitrogen and oxygen atoms in total. The lowest BCUT2D eigenvalue weighted by molar-refractivity contribution is -0.128. The SMILES string of the molecule is CCC(=O)N(C[C]=O)C(=O)O. The van der Waals surface area contributed by atoms with Crippen molar-refractivity contribution in [1.29, 1.82) is 0 Å². The fourth-order valence-electron chi connectivity index (χ4n) is 0.518. The lowest BCUT2D eigenvalue weighted by Crippen LogP contribution is -2.36. The van der Waals surface area contributed by atoms with E-state index in [-0.39, 0.29) is 6.42 Å². The van der Waals surface area contributed by atoms with E-state index in [9.17, 15) is 14.4 Å². The van der Waals surface area contributed by atoms with Crippen molar-refractivity contribution in [3.05, 3.63) is 0 Å². The molecule has 11 heavy (non-hydrogen) atoms. The van der Waals surface area contributed by atoms with Crippen LogP contribution in [0.3, 0.4) is 0 Å². The van der Waals surface area contributed by atoms with Gasteiger partial charge in [0.15, 0.2) is 0 Å². The Morgan fingerprint density at radius 3 is 2.36 bits per heavy atom. The van der Waals surface area contributed by atoms with Crippen molar-refractivity contribution < 1.29 is 19.5 Å². The van der Waals surface area contributed by atoms with E-state index in [4.69, 9.17) is 5.11 Å². The molecule has 0 aromatic rings. The first-order chi connectivity index (χ1) is 5.13. The third-order valence-electron chi connectivity index (χ3n) is 1.06. The molecule has 0 fully saturated rings. The number of hydrogen-bond donors (Lipinski definition) is 1. The van der Waals surface area contributed by atoms with Crippen molar-refractivity contribution in [3.63, 3.8) is 0 Å². The standard InChI is InChI=1S/C6H8NO4/c1-2-5(9)7(3-4-8)6(10)11/h2-3H2,1H3,(H,10,11). The summed E-state index contributed by atoms with van der Waals surface area (Å²) in [4.78, 5) is 31.1. The third-order valence-corrected chi connectivity index (χ3v) is 1.06. The van der Waals surface area contributed by atoms with Crippen molar-refractivity contribution in [2.24, 2.45) is 0 Å². The number of carboxylic acid groups (broad SMARTS) is 1. The van der Waals surface area contributed by atoms with E-state index in [1.807, 2.05) is 0 Å². The van der Waals surface area contributed by atoms with Crippen LogP contribution in [0.4, 0.5) is 4.79 Å². The van der Waals surface area contributed by atoms with Gasteiger partial charge in [0.25, 0.3) is 0 Å². The summed E-state index contributed by atoms with van der Waals surface area (Å²) in [6, 6.07) is 0. The Kier molecular flexibility index (Phi) is 3.87. The number of amides is 2. The molecule has 0 unspecified atom stereocenters. The molecule has 0 aliphatic rings. The molecule has 0 heterocycles. The maximum absolute atomic E-state index is 10.7. The van der Waals surface area contributed by atoms with Crippen LogP contribution in [0, 0.1) is 0 Å². The number of hydrogen-bond acceptors (Lipinski definition) is 3. The average molecular weight is 158 g/mol. The Morgan fingerprint density at radius 2 is 2.09 bits per heavy atom. The van der Waals surface area contributed by atoms with Gasteiger partial charge in [0.1, 0.15) is 0 Å². The zero-order valence-electron chi connectivity index (χ0n) is 6.03. The molecule has 0 aromatic heterocycles. The predicted octanol–water partition coefficient (Wildman–Crippen LogP) is 0.0127. The van der Waals surface area contributed by atoms with E-state index in [0.29, 0.717) is 4.90 Å². The maximum atomic E-state index is 10.7. The normalized spacial score (nSPS) is 8.82. The van der Waals surface area contributed by atoms with Crippen LogP contribution in [0.1, 0.15) is 13.3 Å². The molecule has 0 saturated carbocycles. The Balaban J connectivity index is 4.20. The molecule has 0 rings (SSSR count). The second-order valence-electron chi connectivity index (χ2n) is 1.76. The van der Waals surface area contributed by atoms with Gasteiger partial charge in [-0.15, -0.1) is 0 Å². The molecule has 1 N–H and O–H groups in total. The van der Waals surface area contributed by atoms with Gasteiger partial charge < -0.3 is 5.11 Å². The fraction of sp³-hybridized carbons (Fsp3) is 0.500. The van der Waals surface area contributed by atoms with E-state index in [0.717, 1.165) is 0 Å². The van der Waals surface area contributed by atoms with Crippen LogP contribution in [0.15, 0.2) is 0 Å². The van der Waals surface area contributed by atoms with Gasteiger partial charge in [-0.1, -0.05) is 6.92 Å². The quantitative estimate of drug-likeness (QED) is 0.627. The molecule has 2 amide bonds. The molecular formula is C6H8NO4. The minimum atomic E-state index is -1.42. The number of imide groups is 1. The summed E-state index contributed by atoms with van der Waals surface area (Å²) in [5, 5.41) is 8.33. The number of nitrogens with zero attached hydrogens (tertiary/aromatic N) is 1. The smallest absolute Gasteiger partial charge is 0.414 e. The predicted molar refractivity (Wildman–Crippen MR) is 35.7 cm³/mol. The number of carbonyl (C=O) groups excluding carboxylic acids is 2. The van der Waals surface area contributed by atoms with E-state index >= 15 is 0 Å². The highest BCUT2D eigenvalue weighted by molar-refractivity contribution is 5.92. The van der Waals surface area contributed by atoms with Gasteiger partial charge in [0.05, 0.1) is 6.54 Å². The van der Waals surface area contributed by atoms with Crippen LogP contribution < -0.4 is 0 Å². The summed E-state index contributed by atoms with van der Waals surface area (Å²) >= 11 is 0. The van der Waals surface area contributed by atoms with Crippen molar-refractivity contribution in [3.8, 4) is 0 Å². The second-order valence-corrected chi connectivity index (χ2v) is 1.76. The van der Waals surface area contributed by atoms with Gasteiger partial charge in [-0.25, -0.2) is 9.69 Å². The summed E-state index contributed by atoms with van der Waals surface area (Å²) in [6.45, 7) is 1.01. The Bertz CT molecular complexity index is 177. The summed E-state index contributed by atoms with van der Waals surface area (Å²) in [5.41, 5.74) is 0. The van der Waals surface area contributed by atoms with E-state index in [1.54, 1.807) is 0 Å². The molecule has 0 bridgehead atoms. The van der Waals surface area contributed by atoms with Crippen LogP contribution in [-0.4, -0.2) is 34.8 Å². The minimum Gasteiger partial charge on any atom is -0.465 e. The Hall–Kier alpha value is -1.39. The highest BCUT2D eigenvalue weighted by Crippen LogP contribution is 1.92. The Labute approximate surface area is 63.6 Å². The van der Waals surface area contributed by atoms with Crippen LogP contribution in [0.5, 0.6) is 0 Å². The summed E-state index contributed by atoms with van der Waals surface area (Å²) in [5.74, 6) is -0.596. The van der Waals surface area contributed by atoms with Gasteiger partial charge in [-0.3, -0.25) is 9.59 Å². The lowest BCUT2D eigenvalue weighted by Gasteiger charge is -2.11. The monoisotopic (exact) mass is 158 g/mol. The van der Waals surface area contributed by atoms with E-state index < -0.39 is 18.5 Å². The van der Waals surface area contributed by atoms with Crippen molar-refractivity contribution in [2.45, 2.75) is 13.3 Å². The van der Waals surface area contributed by atoms with Crippen molar-refractivity contribution in [2.75, 3.05) is 6.54 Å². The topological polar surface area (TPSA) is 74.7 Å². The van der Waals surface area contributed by atoms with Gasteiger partial charge >= 0.3 is 6.09 Å². The zero-order valence-corrected chi connectivity index (χ0v) is 6.03. The first kappa shape index (κ1) is 9.61. The average Bonchev–Trinajstić information content (AvgIpc) is 1.98. The molecule has 0 saturated heterocycles. The lowest BCUT2D eigenvalue weighted by atomic mass is 10.4. The summed E-state index contributed by atoms with van der Waals surface area (Å²) in [6.07, 6.45) is -0.0144. The molecule has 0 spiro atoms. The van der Waals surface area contributed by atoms with Gasteiger partial charge in [-0.2, -0.15) is 0 Å². The first-order valence-corrected chi connectivity index (χ1v) is 3.01. The Morgan fingerprint density at radius 1 is 1.55 bits per heavy atom. The number of rotatable bonds is 3.